The van der Waals surface area contributed by atoms with E-state index in [-0.39, 0.29) is 22.8 Å². The van der Waals surface area contributed by atoms with Crippen molar-refractivity contribution in [2.24, 2.45) is 16.6 Å². The van der Waals surface area contributed by atoms with Crippen LogP contribution in [0.3, 0.4) is 0 Å². The highest BCUT2D eigenvalue weighted by molar-refractivity contribution is 5.81. The van der Waals surface area contributed by atoms with E-state index in [1.807, 2.05) is 0 Å². The Hall–Kier alpha value is -0.610. The van der Waals surface area contributed by atoms with Gasteiger partial charge in [0.05, 0.1) is 6.04 Å². The average Bonchev–Trinajstić information content (AvgIpc) is 2.24. The molecule has 1 unspecified atom stereocenters. The molecule has 1 fully saturated rings. The quantitative estimate of drug-likeness (QED) is 0.736. The first-order valence-corrected chi connectivity index (χ1v) is 7.70. The molecule has 0 spiro atoms. The molecule has 0 aromatic carbocycles. The minimum absolute atomic E-state index is 0.0143. The van der Waals surface area contributed by atoms with Gasteiger partial charge in [-0.15, -0.1) is 0 Å². The fraction of sp³-hybridized carbons (Fsp3) is 0.938. The summed E-state index contributed by atoms with van der Waals surface area (Å²) in [5.74, 6) is -0.0143. The number of carbonyl (C=O) groups is 1. The zero-order valence-electron chi connectivity index (χ0n) is 13.8. The standard InChI is InChI=1S/C16H32N2O2/c1-15(2)9-12(10-16(3,4)11-15)18-14(19)13(17)7-6-8-20-5/h12-13H,6-11,17H2,1-5H3,(H,18,19). The molecule has 0 aromatic rings. The van der Waals surface area contributed by atoms with Gasteiger partial charge in [0.1, 0.15) is 0 Å². The van der Waals surface area contributed by atoms with Crippen molar-refractivity contribution in [3.05, 3.63) is 0 Å². The van der Waals surface area contributed by atoms with E-state index >= 15 is 0 Å². The Morgan fingerprint density at radius 1 is 1.30 bits per heavy atom. The van der Waals surface area contributed by atoms with Crippen LogP contribution in [0.15, 0.2) is 0 Å². The van der Waals surface area contributed by atoms with Gasteiger partial charge in [-0.05, 0) is 42.9 Å². The molecule has 4 nitrogen and oxygen atoms in total. The molecule has 1 atom stereocenters. The van der Waals surface area contributed by atoms with E-state index in [4.69, 9.17) is 10.5 Å². The minimum atomic E-state index is -0.418. The molecule has 0 radical (unpaired) electrons. The molecule has 1 aliphatic rings. The number of hydrogen-bond acceptors (Lipinski definition) is 3. The van der Waals surface area contributed by atoms with Crippen molar-refractivity contribution in [1.29, 1.82) is 0 Å². The monoisotopic (exact) mass is 284 g/mol. The first kappa shape index (κ1) is 17.4. The fourth-order valence-electron chi connectivity index (χ4n) is 3.84. The van der Waals surface area contributed by atoms with E-state index in [0.717, 1.165) is 19.3 Å². The van der Waals surface area contributed by atoms with E-state index in [1.54, 1.807) is 7.11 Å². The predicted molar refractivity (Wildman–Crippen MR) is 82.4 cm³/mol. The third-order valence-corrected chi connectivity index (χ3v) is 4.10. The second kappa shape index (κ2) is 6.90. The molecule has 0 aliphatic heterocycles. The van der Waals surface area contributed by atoms with Crippen LogP contribution in [-0.4, -0.2) is 31.7 Å². The van der Waals surface area contributed by atoms with Crippen LogP contribution >= 0.6 is 0 Å². The summed E-state index contributed by atoms with van der Waals surface area (Å²) in [5, 5.41) is 3.15. The third kappa shape index (κ3) is 5.80. The lowest BCUT2D eigenvalue weighted by Gasteiger charge is -2.45. The summed E-state index contributed by atoms with van der Waals surface area (Å²) in [5.41, 5.74) is 6.50. The number of nitrogens with one attached hydrogen (secondary N) is 1. The predicted octanol–water partition coefficient (Wildman–Crippen LogP) is 2.46. The topological polar surface area (TPSA) is 64.3 Å². The van der Waals surface area contributed by atoms with E-state index in [9.17, 15) is 4.79 Å². The van der Waals surface area contributed by atoms with E-state index in [0.29, 0.717) is 13.0 Å². The Labute approximate surface area is 123 Å². The molecule has 0 aromatic heterocycles. The molecule has 0 bridgehead atoms. The number of hydrogen-bond donors (Lipinski definition) is 2. The first-order chi connectivity index (χ1) is 9.15. The van der Waals surface area contributed by atoms with E-state index in [2.05, 4.69) is 33.0 Å². The van der Waals surface area contributed by atoms with Crippen molar-refractivity contribution in [2.45, 2.75) is 71.9 Å². The van der Waals surface area contributed by atoms with Gasteiger partial charge in [0.2, 0.25) is 5.91 Å². The first-order valence-electron chi connectivity index (χ1n) is 7.70. The highest BCUT2D eigenvalue weighted by atomic mass is 16.5. The third-order valence-electron chi connectivity index (χ3n) is 4.10. The fourth-order valence-corrected chi connectivity index (χ4v) is 3.84. The van der Waals surface area contributed by atoms with Gasteiger partial charge in [0.25, 0.3) is 0 Å². The molecule has 118 valence electrons. The second-order valence-corrected chi connectivity index (χ2v) is 7.86. The Kier molecular flexibility index (Phi) is 6.02. The van der Waals surface area contributed by atoms with Crippen molar-refractivity contribution >= 4 is 5.91 Å². The van der Waals surface area contributed by atoms with Gasteiger partial charge >= 0.3 is 0 Å². The van der Waals surface area contributed by atoms with Crippen LogP contribution in [-0.2, 0) is 9.53 Å². The van der Waals surface area contributed by atoms with Crippen LogP contribution in [0.25, 0.3) is 0 Å². The van der Waals surface area contributed by atoms with Gasteiger partial charge < -0.3 is 15.8 Å². The Morgan fingerprint density at radius 3 is 2.35 bits per heavy atom. The summed E-state index contributed by atoms with van der Waals surface area (Å²) in [6, 6.07) is -0.173. The minimum Gasteiger partial charge on any atom is -0.385 e. The van der Waals surface area contributed by atoms with Crippen LogP contribution in [0.5, 0.6) is 0 Å². The summed E-state index contributed by atoms with van der Waals surface area (Å²) < 4.78 is 4.99. The summed E-state index contributed by atoms with van der Waals surface area (Å²) in [4.78, 5) is 12.2. The molecule has 0 heterocycles. The van der Waals surface area contributed by atoms with Gasteiger partial charge in [0.15, 0.2) is 0 Å². The molecular weight excluding hydrogens is 252 g/mol. The average molecular weight is 284 g/mol. The Balaban J connectivity index is 2.48. The summed E-state index contributed by atoms with van der Waals surface area (Å²) in [6.45, 7) is 9.79. The molecule has 4 heteroatoms. The molecule has 1 amide bonds. The molecular formula is C16H32N2O2. The maximum Gasteiger partial charge on any atom is 0.237 e. The molecule has 0 saturated heterocycles. The largest absolute Gasteiger partial charge is 0.385 e. The molecule has 20 heavy (non-hydrogen) atoms. The molecule has 1 rings (SSSR count). The van der Waals surface area contributed by atoms with E-state index < -0.39 is 6.04 Å². The van der Waals surface area contributed by atoms with Gasteiger partial charge in [-0.3, -0.25) is 4.79 Å². The SMILES string of the molecule is COCCCC(N)C(=O)NC1CC(C)(C)CC(C)(C)C1. The second-order valence-electron chi connectivity index (χ2n) is 7.86. The zero-order chi connectivity index (χ0) is 15.4. The number of rotatable bonds is 6. The normalized spacial score (nSPS) is 23.3. The number of carbonyl (C=O) groups excluding carboxylic acids is 1. The highest BCUT2D eigenvalue weighted by Crippen LogP contribution is 2.45. The number of amides is 1. The summed E-state index contributed by atoms with van der Waals surface area (Å²) in [6.07, 6.45) is 4.78. The van der Waals surface area contributed by atoms with Crippen LogP contribution in [0, 0.1) is 10.8 Å². The van der Waals surface area contributed by atoms with Crippen LogP contribution in [0.4, 0.5) is 0 Å². The van der Waals surface area contributed by atoms with Crippen molar-refractivity contribution in [3.8, 4) is 0 Å². The summed E-state index contributed by atoms with van der Waals surface area (Å²) in [7, 11) is 1.66. The van der Waals surface area contributed by atoms with Gasteiger partial charge in [-0.25, -0.2) is 0 Å². The van der Waals surface area contributed by atoms with Crippen molar-refractivity contribution in [3.63, 3.8) is 0 Å². The summed E-state index contributed by atoms with van der Waals surface area (Å²) >= 11 is 0. The van der Waals surface area contributed by atoms with E-state index in [1.165, 1.54) is 6.42 Å². The maximum absolute atomic E-state index is 12.2. The highest BCUT2D eigenvalue weighted by Gasteiger charge is 2.39. The molecule has 3 N–H and O–H groups in total. The van der Waals surface area contributed by atoms with Crippen molar-refractivity contribution in [2.75, 3.05) is 13.7 Å². The lowest BCUT2D eigenvalue weighted by molar-refractivity contribution is -0.124. The van der Waals surface area contributed by atoms with Crippen LogP contribution in [0.1, 0.15) is 59.8 Å². The molecule has 1 aliphatic carbocycles. The lowest BCUT2D eigenvalue weighted by atomic mass is 9.63. The Bertz CT molecular complexity index is 310. The van der Waals surface area contributed by atoms with Gasteiger partial charge in [0, 0.05) is 19.8 Å². The zero-order valence-corrected chi connectivity index (χ0v) is 13.8. The maximum atomic E-state index is 12.2. The number of methoxy groups -OCH3 is 1. The Morgan fingerprint density at radius 2 is 1.85 bits per heavy atom. The smallest absolute Gasteiger partial charge is 0.237 e. The van der Waals surface area contributed by atoms with Gasteiger partial charge in [-0.1, -0.05) is 27.7 Å². The lowest BCUT2D eigenvalue weighted by Crippen LogP contribution is -2.50. The van der Waals surface area contributed by atoms with Crippen molar-refractivity contribution < 1.29 is 9.53 Å². The number of nitrogens with two attached hydrogens (primary N) is 1. The van der Waals surface area contributed by atoms with Crippen LogP contribution < -0.4 is 11.1 Å². The van der Waals surface area contributed by atoms with Crippen LogP contribution in [0.2, 0.25) is 0 Å². The number of ether oxygens (including phenoxy) is 1. The van der Waals surface area contributed by atoms with Crippen molar-refractivity contribution in [1.82, 2.24) is 5.32 Å². The van der Waals surface area contributed by atoms with Gasteiger partial charge in [-0.2, -0.15) is 0 Å². The molecule has 1 saturated carbocycles.